The molecule has 1 N–H and O–H groups in total. The van der Waals surface area contributed by atoms with E-state index in [1.54, 1.807) is 0 Å². The summed E-state index contributed by atoms with van der Waals surface area (Å²) in [4.78, 5) is 15.1. The lowest BCUT2D eigenvalue weighted by Crippen LogP contribution is -2.42. The third-order valence-electron chi connectivity index (χ3n) is 4.50. The van der Waals surface area contributed by atoms with Crippen LogP contribution in [0.4, 0.5) is 0 Å². The summed E-state index contributed by atoms with van der Waals surface area (Å²) < 4.78 is 5.87. The summed E-state index contributed by atoms with van der Waals surface area (Å²) in [6, 6.07) is 7.84. The minimum absolute atomic E-state index is 0.127. The summed E-state index contributed by atoms with van der Waals surface area (Å²) in [5, 5.41) is 4.17. The van der Waals surface area contributed by atoms with Crippen LogP contribution in [0.15, 0.2) is 28.7 Å². The van der Waals surface area contributed by atoms with Crippen molar-refractivity contribution in [3.8, 4) is 0 Å². The number of hydrogen-bond acceptors (Lipinski definition) is 3. The molecule has 2 heterocycles. The summed E-state index contributed by atoms with van der Waals surface area (Å²) in [5.41, 5.74) is 1.58. The van der Waals surface area contributed by atoms with Crippen molar-refractivity contribution < 1.29 is 9.21 Å². The van der Waals surface area contributed by atoms with Crippen LogP contribution in [0.1, 0.15) is 35.9 Å². The van der Waals surface area contributed by atoms with Crippen LogP contribution >= 0.6 is 0 Å². The maximum absolute atomic E-state index is 13.0. The fraction of sp³-hybridized carbons (Fsp3) is 0.500. The summed E-state index contributed by atoms with van der Waals surface area (Å²) in [6.07, 6.45) is 3.01. The molecule has 1 fully saturated rings. The standard InChI is InChI=1S/C18H24N2O2/c1-3-15-17(14-8-4-5-9-16(14)22-15)18(21)20-10-6-7-13(12-20)11-19-2/h4-5,8-9,13,19H,3,6-7,10-12H2,1-2H3. The zero-order chi connectivity index (χ0) is 15.5. The second kappa shape index (κ2) is 6.53. The second-order valence-electron chi connectivity index (χ2n) is 6.07. The van der Waals surface area contributed by atoms with E-state index < -0.39 is 0 Å². The number of benzene rings is 1. The molecule has 0 bridgehead atoms. The van der Waals surface area contributed by atoms with E-state index in [1.165, 1.54) is 6.42 Å². The van der Waals surface area contributed by atoms with E-state index in [1.807, 2.05) is 43.1 Å². The number of carbonyl (C=O) groups excluding carboxylic acids is 1. The van der Waals surface area contributed by atoms with Crippen LogP contribution in [-0.2, 0) is 6.42 Å². The van der Waals surface area contributed by atoms with Gasteiger partial charge in [-0.1, -0.05) is 25.1 Å². The van der Waals surface area contributed by atoms with Gasteiger partial charge in [-0.05, 0) is 38.4 Å². The average molecular weight is 300 g/mol. The van der Waals surface area contributed by atoms with Crippen LogP contribution in [0.2, 0.25) is 0 Å². The summed E-state index contributed by atoms with van der Waals surface area (Å²) in [6.45, 7) is 4.69. The number of nitrogens with one attached hydrogen (secondary N) is 1. The van der Waals surface area contributed by atoms with Gasteiger partial charge < -0.3 is 14.6 Å². The third-order valence-corrected chi connectivity index (χ3v) is 4.50. The molecule has 3 rings (SSSR count). The van der Waals surface area contributed by atoms with Gasteiger partial charge in [0.1, 0.15) is 11.3 Å². The first-order chi connectivity index (χ1) is 10.7. The van der Waals surface area contributed by atoms with Gasteiger partial charge >= 0.3 is 0 Å². The second-order valence-corrected chi connectivity index (χ2v) is 6.07. The van der Waals surface area contributed by atoms with Gasteiger partial charge in [0.2, 0.25) is 0 Å². The highest BCUT2D eigenvalue weighted by molar-refractivity contribution is 6.07. The Bertz CT molecular complexity index is 660. The molecule has 1 saturated heterocycles. The zero-order valence-electron chi connectivity index (χ0n) is 13.4. The number of rotatable bonds is 4. The molecule has 1 atom stereocenters. The molecule has 4 heteroatoms. The highest BCUT2D eigenvalue weighted by Gasteiger charge is 2.28. The molecule has 1 aliphatic heterocycles. The molecule has 2 aromatic rings. The van der Waals surface area contributed by atoms with Gasteiger partial charge in [-0.2, -0.15) is 0 Å². The Morgan fingerprint density at radius 2 is 2.23 bits per heavy atom. The number of piperidine rings is 1. The lowest BCUT2D eigenvalue weighted by atomic mass is 9.97. The van der Waals surface area contributed by atoms with Crippen molar-refractivity contribution in [1.82, 2.24) is 10.2 Å². The number of para-hydroxylation sites is 1. The molecule has 1 amide bonds. The number of aryl methyl sites for hydroxylation is 1. The van der Waals surface area contributed by atoms with Gasteiger partial charge in [0.05, 0.1) is 5.56 Å². The molecular formula is C18H24N2O2. The largest absolute Gasteiger partial charge is 0.460 e. The monoisotopic (exact) mass is 300 g/mol. The predicted molar refractivity (Wildman–Crippen MR) is 88.1 cm³/mol. The molecule has 0 spiro atoms. The van der Waals surface area contributed by atoms with Crippen molar-refractivity contribution in [3.63, 3.8) is 0 Å². The van der Waals surface area contributed by atoms with E-state index in [4.69, 9.17) is 4.42 Å². The minimum Gasteiger partial charge on any atom is -0.460 e. The number of furan rings is 1. The fourth-order valence-electron chi connectivity index (χ4n) is 3.44. The van der Waals surface area contributed by atoms with Gasteiger partial charge in [-0.25, -0.2) is 0 Å². The van der Waals surface area contributed by atoms with E-state index in [0.717, 1.165) is 54.8 Å². The molecule has 4 nitrogen and oxygen atoms in total. The van der Waals surface area contributed by atoms with E-state index in [-0.39, 0.29) is 5.91 Å². The smallest absolute Gasteiger partial charge is 0.258 e. The van der Waals surface area contributed by atoms with Gasteiger partial charge in [0.25, 0.3) is 5.91 Å². The van der Waals surface area contributed by atoms with Crippen LogP contribution in [0.25, 0.3) is 11.0 Å². The van der Waals surface area contributed by atoms with Crippen molar-refractivity contribution in [2.24, 2.45) is 5.92 Å². The number of hydrogen-bond donors (Lipinski definition) is 1. The van der Waals surface area contributed by atoms with Crippen molar-refractivity contribution >= 4 is 16.9 Å². The molecule has 22 heavy (non-hydrogen) atoms. The van der Waals surface area contributed by atoms with Gasteiger partial charge in [0, 0.05) is 24.9 Å². The van der Waals surface area contributed by atoms with Crippen molar-refractivity contribution in [2.45, 2.75) is 26.2 Å². The Hall–Kier alpha value is -1.81. The molecule has 118 valence electrons. The normalized spacial score (nSPS) is 18.8. The Kier molecular flexibility index (Phi) is 4.48. The first kappa shape index (κ1) is 15.1. The van der Waals surface area contributed by atoms with Crippen LogP contribution in [0, 0.1) is 5.92 Å². The summed E-state index contributed by atoms with van der Waals surface area (Å²) in [5.74, 6) is 1.48. The quantitative estimate of drug-likeness (QED) is 0.944. The van der Waals surface area contributed by atoms with E-state index in [0.29, 0.717) is 5.92 Å². The maximum atomic E-state index is 13.0. The topological polar surface area (TPSA) is 45.5 Å². The van der Waals surface area contributed by atoms with Crippen LogP contribution in [-0.4, -0.2) is 37.5 Å². The highest BCUT2D eigenvalue weighted by Crippen LogP contribution is 2.29. The van der Waals surface area contributed by atoms with E-state index in [9.17, 15) is 4.79 Å². The van der Waals surface area contributed by atoms with Crippen molar-refractivity contribution in [2.75, 3.05) is 26.7 Å². The molecular weight excluding hydrogens is 276 g/mol. The lowest BCUT2D eigenvalue weighted by Gasteiger charge is -2.32. The number of nitrogens with zero attached hydrogens (tertiary/aromatic N) is 1. The number of fused-ring (bicyclic) bond motifs is 1. The molecule has 0 aliphatic carbocycles. The summed E-state index contributed by atoms with van der Waals surface area (Å²) >= 11 is 0. The molecule has 1 aromatic heterocycles. The van der Waals surface area contributed by atoms with Crippen LogP contribution in [0.5, 0.6) is 0 Å². The zero-order valence-corrected chi connectivity index (χ0v) is 13.4. The number of amides is 1. The Labute approximate surface area is 131 Å². The first-order valence-electron chi connectivity index (χ1n) is 8.18. The van der Waals surface area contributed by atoms with E-state index in [2.05, 4.69) is 5.32 Å². The SMILES string of the molecule is CCc1oc2ccccc2c1C(=O)N1CCCC(CNC)C1. The molecule has 1 aliphatic rings. The predicted octanol–water partition coefficient (Wildman–Crippen LogP) is 3.07. The molecule has 1 aromatic carbocycles. The molecule has 1 unspecified atom stereocenters. The number of likely N-dealkylation sites (tertiary alicyclic amines) is 1. The lowest BCUT2D eigenvalue weighted by molar-refractivity contribution is 0.0673. The Balaban J connectivity index is 1.91. The Morgan fingerprint density at radius 3 is 3.00 bits per heavy atom. The van der Waals surface area contributed by atoms with E-state index >= 15 is 0 Å². The average Bonchev–Trinajstić information content (AvgIpc) is 2.93. The van der Waals surface area contributed by atoms with Crippen LogP contribution < -0.4 is 5.32 Å². The van der Waals surface area contributed by atoms with Crippen molar-refractivity contribution in [1.29, 1.82) is 0 Å². The fourth-order valence-corrected chi connectivity index (χ4v) is 3.44. The highest BCUT2D eigenvalue weighted by atomic mass is 16.3. The first-order valence-corrected chi connectivity index (χ1v) is 8.18. The van der Waals surface area contributed by atoms with Crippen molar-refractivity contribution in [3.05, 3.63) is 35.6 Å². The Morgan fingerprint density at radius 1 is 1.41 bits per heavy atom. The van der Waals surface area contributed by atoms with Crippen LogP contribution in [0.3, 0.4) is 0 Å². The number of carbonyl (C=O) groups is 1. The molecule has 0 saturated carbocycles. The minimum atomic E-state index is 0.127. The van der Waals surface area contributed by atoms with Gasteiger partial charge in [0.15, 0.2) is 0 Å². The third kappa shape index (κ3) is 2.75. The molecule has 0 radical (unpaired) electrons. The summed E-state index contributed by atoms with van der Waals surface area (Å²) in [7, 11) is 1.97. The van der Waals surface area contributed by atoms with Gasteiger partial charge in [-0.15, -0.1) is 0 Å². The maximum Gasteiger partial charge on any atom is 0.258 e. The van der Waals surface area contributed by atoms with Gasteiger partial charge in [-0.3, -0.25) is 4.79 Å².